The molecule has 29 heavy (non-hydrogen) atoms. The molecule has 3 N–H and O–H groups in total. The summed E-state index contributed by atoms with van der Waals surface area (Å²) in [4.78, 5) is 22.7. The summed E-state index contributed by atoms with van der Waals surface area (Å²) in [5.74, 6) is -0.528. The van der Waals surface area contributed by atoms with Gasteiger partial charge >= 0.3 is 5.97 Å². The van der Waals surface area contributed by atoms with Crippen molar-refractivity contribution in [2.24, 2.45) is 5.92 Å². The molecule has 0 bridgehead atoms. The van der Waals surface area contributed by atoms with Crippen molar-refractivity contribution < 1.29 is 19.8 Å². The van der Waals surface area contributed by atoms with Gasteiger partial charge in [-0.25, -0.2) is 4.79 Å². The minimum Gasteiger partial charge on any atom is -0.478 e. The summed E-state index contributed by atoms with van der Waals surface area (Å²) in [6.07, 6.45) is 2.36. The van der Waals surface area contributed by atoms with Crippen LogP contribution in [0.25, 0.3) is 0 Å². The Balaban J connectivity index is 0.000000253. The number of hydrogen-bond donors (Lipinski definition) is 3. The number of rotatable bonds is 6. The van der Waals surface area contributed by atoms with E-state index in [1.807, 2.05) is 19.9 Å². The molecule has 2 aromatic carbocycles. The first-order valence-electron chi connectivity index (χ1n) is 9.54. The molecule has 0 unspecified atom stereocenters. The number of amides is 1. The number of nitrogens with zero attached hydrogens (tertiary/aromatic N) is 1. The number of benzene rings is 2. The zero-order valence-corrected chi connectivity index (χ0v) is 16.7. The summed E-state index contributed by atoms with van der Waals surface area (Å²) < 4.78 is 0. The first kappa shape index (κ1) is 22.1. The summed E-state index contributed by atoms with van der Waals surface area (Å²) in [6, 6.07) is 15.7. The van der Waals surface area contributed by atoms with Gasteiger partial charge in [-0.05, 0) is 54.2 Å². The lowest BCUT2D eigenvalue weighted by Gasteiger charge is -2.19. The van der Waals surface area contributed by atoms with Crippen LogP contribution in [0.1, 0.15) is 60.2 Å². The van der Waals surface area contributed by atoms with Crippen LogP contribution in [0.3, 0.4) is 0 Å². The third kappa shape index (κ3) is 6.44. The third-order valence-corrected chi connectivity index (χ3v) is 4.65. The largest absolute Gasteiger partial charge is 0.478 e. The highest BCUT2D eigenvalue weighted by Gasteiger charge is 2.45. The van der Waals surface area contributed by atoms with E-state index < -0.39 is 5.97 Å². The van der Waals surface area contributed by atoms with Crippen LogP contribution >= 0.6 is 0 Å². The quantitative estimate of drug-likeness (QED) is 0.693. The molecule has 0 radical (unpaired) electrons. The Morgan fingerprint density at radius 2 is 1.83 bits per heavy atom. The Hall–Kier alpha value is -3.17. The average Bonchev–Trinajstić information content (AvgIpc) is 3.48. The molecule has 6 nitrogen and oxygen atoms in total. The Kier molecular flexibility index (Phi) is 7.52. The number of hydrogen-bond acceptors (Lipinski definition) is 4. The summed E-state index contributed by atoms with van der Waals surface area (Å²) >= 11 is 0. The summed E-state index contributed by atoms with van der Waals surface area (Å²) in [5, 5.41) is 29.0. The van der Waals surface area contributed by atoms with Gasteiger partial charge in [0.05, 0.1) is 29.3 Å². The van der Waals surface area contributed by atoms with Gasteiger partial charge in [0.2, 0.25) is 5.91 Å². The normalized spacial score (nSPS) is 13.6. The van der Waals surface area contributed by atoms with Crippen molar-refractivity contribution in [3.05, 3.63) is 70.8 Å². The second kappa shape index (κ2) is 9.85. The zero-order chi connectivity index (χ0) is 21.4. The molecule has 0 atom stereocenters. The number of carbonyl (C=O) groups is 2. The van der Waals surface area contributed by atoms with Crippen LogP contribution in [-0.4, -0.2) is 22.1 Å². The second-order valence-electron chi connectivity index (χ2n) is 7.58. The molecule has 0 heterocycles. The summed E-state index contributed by atoms with van der Waals surface area (Å²) in [7, 11) is 0. The first-order chi connectivity index (χ1) is 13.8. The smallest absolute Gasteiger partial charge is 0.335 e. The van der Waals surface area contributed by atoms with E-state index in [-0.39, 0.29) is 23.6 Å². The molecule has 1 saturated carbocycles. The molecule has 3 rings (SSSR count). The van der Waals surface area contributed by atoms with Crippen LogP contribution in [0.4, 0.5) is 0 Å². The highest BCUT2D eigenvalue weighted by Crippen LogP contribution is 2.45. The van der Waals surface area contributed by atoms with Crippen molar-refractivity contribution in [1.82, 2.24) is 5.32 Å². The maximum Gasteiger partial charge on any atom is 0.335 e. The van der Waals surface area contributed by atoms with Crippen molar-refractivity contribution in [2.75, 3.05) is 0 Å². The lowest BCUT2D eigenvalue weighted by atomic mass is 10.0. The standard InChI is InChI=1S/C15H19NO3.C8H7NO/c1-10(2)9-13(17)16-15(7-8-15)12-5-3-11(4-6-12)14(18)19;9-5-7-2-1-3-8(4-7)6-10/h3-6,10H,7-9H2,1-2H3,(H,16,17)(H,18,19);1-4,10H,6H2. The fraction of sp³-hybridized carbons (Fsp3) is 0.348. The Morgan fingerprint density at radius 1 is 1.17 bits per heavy atom. The lowest BCUT2D eigenvalue weighted by molar-refractivity contribution is -0.122. The molecule has 1 aliphatic carbocycles. The van der Waals surface area contributed by atoms with Gasteiger partial charge < -0.3 is 15.5 Å². The molecule has 0 spiro atoms. The molecular formula is C23H26N2O4. The SMILES string of the molecule is CC(C)CC(=O)NC1(c2ccc(C(=O)O)cc2)CC1.N#Cc1cccc(CO)c1. The fourth-order valence-electron chi connectivity index (χ4n) is 2.97. The maximum atomic E-state index is 11.9. The minimum absolute atomic E-state index is 0.00444. The predicted molar refractivity (Wildman–Crippen MR) is 109 cm³/mol. The van der Waals surface area contributed by atoms with Gasteiger partial charge in [-0.3, -0.25) is 4.79 Å². The van der Waals surface area contributed by atoms with Crippen LogP contribution in [0.15, 0.2) is 48.5 Å². The van der Waals surface area contributed by atoms with Crippen LogP contribution < -0.4 is 5.32 Å². The number of aliphatic hydroxyl groups excluding tert-OH is 1. The van der Waals surface area contributed by atoms with E-state index in [4.69, 9.17) is 15.5 Å². The third-order valence-electron chi connectivity index (χ3n) is 4.65. The van der Waals surface area contributed by atoms with E-state index in [2.05, 4.69) is 5.32 Å². The van der Waals surface area contributed by atoms with Crippen molar-refractivity contribution in [3.8, 4) is 6.07 Å². The van der Waals surface area contributed by atoms with Gasteiger partial charge in [-0.15, -0.1) is 0 Å². The number of nitriles is 1. The zero-order valence-electron chi connectivity index (χ0n) is 16.7. The van der Waals surface area contributed by atoms with Crippen LogP contribution in [-0.2, 0) is 16.9 Å². The highest BCUT2D eigenvalue weighted by atomic mass is 16.4. The van der Waals surface area contributed by atoms with Crippen LogP contribution in [0.2, 0.25) is 0 Å². The van der Waals surface area contributed by atoms with Crippen LogP contribution in [0, 0.1) is 17.2 Å². The maximum absolute atomic E-state index is 11.9. The lowest BCUT2D eigenvalue weighted by Crippen LogP contribution is -2.35. The van der Waals surface area contributed by atoms with Gasteiger partial charge in [0.25, 0.3) is 0 Å². The molecule has 1 amide bonds. The molecule has 6 heteroatoms. The number of carbonyl (C=O) groups excluding carboxylic acids is 1. The molecule has 1 fully saturated rings. The van der Waals surface area contributed by atoms with E-state index in [0.29, 0.717) is 17.9 Å². The molecule has 0 saturated heterocycles. The number of aromatic carboxylic acids is 1. The number of aliphatic hydroxyl groups is 1. The van der Waals surface area contributed by atoms with E-state index in [9.17, 15) is 9.59 Å². The van der Waals surface area contributed by atoms with Gasteiger partial charge in [-0.2, -0.15) is 5.26 Å². The molecule has 0 aromatic heterocycles. The molecular weight excluding hydrogens is 368 g/mol. The molecule has 152 valence electrons. The van der Waals surface area contributed by atoms with Gasteiger partial charge in [-0.1, -0.05) is 38.1 Å². The van der Waals surface area contributed by atoms with E-state index in [1.165, 1.54) is 0 Å². The fourth-order valence-corrected chi connectivity index (χ4v) is 2.97. The van der Waals surface area contributed by atoms with Crippen LogP contribution in [0.5, 0.6) is 0 Å². The van der Waals surface area contributed by atoms with Gasteiger partial charge in [0.15, 0.2) is 0 Å². The summed E-state index contributed by atoms with van der Waals surface area (Å²) in [5.41, 5.74) is 2.37. The number of carboxylic acid groups (broad SMARTS) is 1. The summed E-state index contributed by atoms with van der Waals surface area (Å²) in [6.45, 7) is 4.02. The topological polar surface area (TPSA) is 110 Å². The first-order valence-corrected chi connectivity index (χ1v) is 9.54. The second-order valence-corrected chi connectivity index (χ2v) is 7.58. The van der Waals surface area contributed by atoms with Gasteiger partial charge in [0, 0.05) is 6.42 Å². The van der Waals surface area contributed by atoms with E-state index in [0.717, 1.165) is 24.0 Å². The number of nitrogens with one attached hydrogen (secondary N) is 1. The van der Waals surface area contributed by atoms with Crippen molar-refractivity contribution in [1.29, 1.82) is 5.26 Å². The molecule has 1 aliphatic rings. The Bertz CT molecular complexity index is 894. The Morgan fingerprint density at radius 3 is 2.31 bits per heavy atom. The minimum atomic E-state index is -0.930. The van der Waals surface area contributed by atoms with E-state index >= 15 is 0 Å². The highest BCUT2D eigenvalue weighted by molar-refractivity contribution is 5.87. The molecule has 2 aromatic rings. The van der Waals surface area contributed by atoms with E-state index in [1.54, 1.807) is 48.5 Å². The number of carboxylic acids is 1. The van der Waals surface area contributed by atoms with Crippen molar-refractivity contribution in [2.45, 2.75) is 45.3 Å². The monoisotopic (exact) mass is 394 g/mol. The Labute approximate surface area is 170 Å². The van der Waals surface area contributed by atoms with Crippen molar-refractivity contribution >= 4 is 11.9 Å². The van der Waals surface area contributed by atoms with Crippen molar-refractivity contribution in [3.63, 3.8) is 0 Å². The molecule has 0 aliphatic heterocycles. The average molecular weight is 394 g/mol. The van der Waals surface area contributed by atoms with Gasteiger partial charge in [0.1, 0.15) is 0 Å². The predicted octanol–water partition coefficient (Wildman–Crippen LogP) is 3.59.